The van der Waals surface area contributed by atoms with Gasteiger partial charge in [0.2, 0.25) is 5.88 Å². The fraction of sp³-hybridized carbons (Fsp3) is 0.562. The second-order valence-corrected chi connectivity index (χ2v) is 7.03. The highest BCUT2D eigenvalue weighted by Crippen LogP contribution is 2.56. The fourth-order valence-electron chi connectivity index (χ4n) is 3.35. The number of nitrogens with zero attached hydrogens (tertiary/aromatic N) is 2. The van der Waals surface area contributed by atoms with Crippen molar-refractivity contribution >= 4 is 11.7 Å². The molecule has 0 bridgehead atoms. The lowest BCUT2D eigenvalue weighted by Gasteiger charge is -2.10. The molecule has 0 amide bonds. The van der Waals surface area contributed by atoms with Crippen molar-refractivity contribution in [3.8, 4) is 0 Å². The molecule has 0 aliphatic heterocycles. The maximum Gasteiger partial charge on any atom is 0.217 e. The van der Waals surface area contributed by atoms with Gasteiger partial charge in [-0.3, -0.25) is 0 Å². The monoisotopic (exact) mass is 318 g/mol. The summed E-state index contributed by atoms with van der Waals surface area (Å²) in [7, 11) is 1.88. The number of anilines is 2. The first kappa shape index (κ1) is 14.6. The average Bonchev–Trinajstić information content (AvgIpc) is 3.31. The lowest BCUT2D eigenvalue weighted by Crippen LogP contribution is -2.13. The standard InChI is InChI=1S/C16H22N4O3/c1-8-5-10(13(17)20(8)2)16(22)7-9(16)6-11-19-12(14(18)23-11)15(21)3-4-15/h5,9,21-22H,3-4,6-7,17-18H2,1-2H3. The number of nitrogens with two attached hydrogens (primary N) is 2. The lowest BCUT2D eigenvalue weighted by molar-refractivity contribution is 0.130. The molecule has 7 nitrogen and oxygen atoms in total. The Morgan fingerprint density at radius 1 is 1.39 bits per heavy atom. The van der Waals surface area contributed by atoms with Crippen LogP contribution in [0.2, 0.25) is 0 Å². The molecule has 2 fully saturated rings. The van der Waals surface area contributed by atoms with Crippen LogP contribution in [0, 0.1) is 12.8 Å². The Bertz CT molecular complexity index is 790. The van der Waals surface area contributed by atoms with Gasteiger partial charge in [-0.25, -0.2) is 4.98 Å². The van der Waals surface area contributed by atoms with Crippen LogP contribution in [0.25, 0.3) is 0 Å². The number of oxazole rings is 1. The Labute approximate surface area is 133 Å². The molecule has 2 aliphatic rings. The topological polar surface area (TPSA) is 123 Å². The van der Waals surface area contributed by atoms with E-state index in [4.69, 9.17) is 15.9 Å². The summed E-state index contributed by atoms with van der Waals surface area (Å²) in [6.07, 6.45) is 2.42. The van der Waals surface area contributed by atoms with Gasteiger partial charge in [-0.1, -0.05) is 0 Å². The van der Waals surface area contributed by atoms with E-state index in [1.54, 1.807) is 0 Å². The molecule has 124 valence electrons. The molecule has 4 rings (SSSR count). The summed E-state index contributed by atoms with van der Waals surface area (Å²) in [6, 6.07) is 1.93. The normalized spacial score (nSPS) is 28.1. The van der Waals surface area contributed by atoms with E-state index in [0.29, 0.717) is 43.1 Å². The Hall–Kier alpha value is -1.99. The van der Waals surface area contributed by atoms with Gasteiger partial charge in [0.1, 0.15) is 17.1 Å². The number of aliphatic hydroxyl groups is 2. The van der Waals surface area contributed by atoms with Crippen molar-refractivity contribution in [2.45, 2.75) is 43.8 Å². The molecule has 2 aromatic rings. The van der Waals surface area contributed by atoms with E-state index < -0.39 is 11.2 Å². The highest BCUT2D eigenvalue weighted by molar-refractivity contribution is 5.51. The number of hydrogen-bond donors (Lipinski definition) is 4. The summed E-state index contributed by atoms with van der Waals surface area (Å²) in [5, 5.41) is 21.0. The van der Waals surface area contributed by atoms with Crippen LogP contribution >= 0.6 is 0 Å². The van der Waals surface area contributed by atoms with Crippen LogP contribution in [-0.4, -0.2) is 19.8 Å². The van der Waals surface area contributed by atoms with Gasteiger partial charge in [0.15, 0.2) is 5.89 Å². The van der Waals surface area contributed by atoms with Crippen molar-refractivity contribution in [3.63, 3.8) is 0 Å². The third-order valence-corrected chi connectivity index (χ3v) is 5.34. The van der Waals surface area contributed by atoms with Crippen LogP contribution in [0.1, 0.15) is 42.1 Å². The predicted octanol–water partition coefficient (Wildman–Crippen LogP) is 0.918. The molecule has 6 N–H and O–H groups in total. The maximum absolute atomic E-state index is 10.8. The molecule has 0 aromatic carbocycles. The quantitative estimate of drug-likeness (QED) is 0.664. The van der Waals surface area contributed by atoms with Crippen LogP contribution in [0.15, 0.2) is 10.5 Å². The highest BCUT2D eigenvalue weighted by Gasteiger charge is 2.56. The van der Waals surface area contributed by atoms with Gasteiger partial charge in [0.25, 0.3) is 0 Å². The third kappa shape index (κ3) is 2.07. The third-order valence-electron chi connectivity index (χ3n) is 5.34. The Morgan fingerprint density at radius 2 is 2.09 bits per heavy atom. The first-order chi connectivity index (χ1) is 10.7. The molecule has 2 saturated carbocycles. The molecule has 2 atom stereocenters. The molecule has 23 heavy (non-hydrogen) atoms. The van der Waals surface area contributed by atoms with Crippen molar-refractivity contribution in [2.24, 2.45) is 13.0 Å². The Kier molecular flexibility index (Phi) is 2.73. The molecular formula is C16H22N4O3. The largest absolute Gasteiger partial charge is 0.425 e. The van der Waals surface area contributed by atoms with Gasteiger partial charge >= 0.3 is 0 Å². The van der Waals surface area contributed by atoms with Crippen LogP contribution in [0.5, 0.6) is 0 Å². The average molecular weight is 318 g/mol. The van der Waals surface area contributed by atoms with Gasteiger partial charge < -0.3 is 30.7 Å². The van der Waals surface area contributed by atoms with Gasteiger partial charge in [0.05, 0.1) is 5.60 Å². The second-order valence-electron chi connectivity index (χ2n) is 7.03. The van der Waals surface area contributed by atoms with E-state index in [1.165, 1.54) is 0 Å². The predicted molar refractivity (Wildman–Crippen MR) is 84.3 cm³/mol. The Morgan fingerprint density at radius 3 is 2.65 bits per heavy atom. The number of aromatic nitrogens is 2. The fourth-order valence-corrected chi connectivity index (χ4v) is 3.35. The molecule has 7 heteroatoms. The summed E-state index contributed by atoms with van der Waals surface area (Å²) in [5.74, 6) is 1.22. The van der Waals surface area contributed by atoms with Gasteiger partial charge in [0, 0.05) is 30.6 Å². The number of hydrogen-bond acceptors (Lipinski definition) is 6. The van der Waals surface area contributed by atoms with Crippen LogP contribution in [0.3, 0.4) is 0 Å². The number of aryl methyl sites for hydroxylation is 1. The molecule has 2 aromatic heterocycles. The van der Waals surface area contributed by atoms with Crippen LogP contribution in [0.4, 0.5) is 11.7 Å². The zero-order valence-corrected chi connectivity index (χ0v) is 13.3. The van der Waals surface area contributed by atoms with E-state index in [-0.39, 0.29) is 11.8 Å². The van der Waals surface area contributed by atoms with Crippen LogP contribution in [-0.2, 0) is 24.7 Å². The number of nitrogen functional groups attached to an aromatic ring is 2. The zero-order valence-electron chi connectivity index (χ0n) is 13.3. The minimum Gasteiger partial charge on any atom is -0.425 e. The first-order valence-corrected chi connectivity index (χ1v) is 7.87. The summed E-state index contributed by atoms with van der Waals surface area (Å²) in [4.78, 5) is 4.34. The molecule has 0 spiro atoms. The summed E-state index contributed by atoms with van der Waals surface area (Å²) in [6.45, 7) is 1.96. The molecular weight excluding hydrogens is 296 g/mol. The zero-order chi connectivity index (χ0) is 16.6. The van der Waals surface area contributed by atoms with Gasteiger partial charge in [-0.15, -0.1) is 0 Å². The Balaban J connectivity index is 1.54. The SMILES string of the molecule is Cc1cc(C2(O)CC2Cc2nc(C3(O)CC3)c(N)o2)c(N)n1C. The highest BCUT2D eigenvalue weighted by atomic mass is 16.4. The molecule has 2 aliphatic carbocycles. The van der Waals surface area contributed by atoms with Crippen molar-refractivity contribution in [3.05, 3.63) is 28.9 Å². The molecule has 0 saturated heterocycles. The summed E-state index contributed by atoms with van der Waals surface area (Å²) >= 11 is 0. The summed E-state index contributed by atoms with van der Waals surface area (Å²) in [5.41, 5.74) is 12.3. The van der Waals surface area contributed by atoms with Crippen molar-refractivity contribution in [2.75, 3.05) is 11.5 Å². The lowest BCUT2D eigenvalue weighted by atomic mass is 10.1. The van der Waals surface area contributed by atoms with E-state index in [1.807, 2.05) is 24.6 Å². The second kappa shape index (κ2) is 4.30. The van der Waals surface area contributed by atoms with Crippen molar-refractivity contribution < 1.29 is 14.6 Å². The molecule has 2 unspecified atom stereocenters. The van der Waals surface area contributed by atoms with E-state index in [0.717, 1.165) is 11.3 Å². The smallest absolute Gasteiger partial charge is 0.217 e. The van der Waals surface area contributed by atoms with Crippen molar-refractivity contribution in [1.82, 2.24) is 9.55 Å². The minimum absolute atomic E-state index is 0.00801. The minimum atomic E-state index is -0.935. The summed E-state index contributed by atoms with van der Waals surface area (Å²) < 4.78 is 7.35. The van der Waals surface area contributed by atoms with Crippen LogP contribution < -0.4 is 11.5 Å². The van der Waals surface area contributed by atoms with Gasteiger partial charge in [-0.05, 0) is 32.3 Å². The van der Waals surface area contributed by atoms with E-state index in [2.05, 4.69) is 4.98 Å². The molecule has 2 heterocycles. The number of rotatable bonds is 4. The van der Waals surface area contributed by atoms with Crippen molar-refractivity contribution in [1.29, 1.82) is 0 Å². The first-order valence-electron chi connectivity index (χ1n) is 7.87. The maximum atomic E-state index is 10.8. The van der Waals surface area contributed by atoms with E-state index in [9.17, 15) is 10.2 Å². The molecule has 0 radical (unpaired) electrons. The van der Waals surface area contributed by atoms with E-state index >= 15 is 0 Å². The van der Waals surface area contributed by atoms with Gasteiger partial charge in [-0.2, -0.15) is 0 Å².